The lowest BCUT2D eigenvalue weighted by Crippen LogP contribution is -2.01. The predicted octanol–water partition coefficient (Wildman–Crippen LogP) is 3.19. The van der Waals surface area contributed by atoms with Crippen molar-refractivity contribution >= 4 is 10.9 Å². The minimum Gasteiger partial charge on any atom is -0.392 e. The van der Waals surface area contributed by atoms with Crippen LogP contribution < -0.4 is 0 Å². The van der Waals surface area contributed by atoms with E-state index in [1.807, 2.05) is 35.0 Å². The standard InChI is InChI=1S/C17H13FN2O/c18-16-4-3-14(9-19)15(8-16)10-20-6-5-13-2-1-12(11-21)7-17(13)20/h1-8,21H,10-11H2. The fraction of sp³-hybridized carbons (Fsp3) is 0.118. The van der Waals surface area contributed by atoms with Gasteiger partial charge in [0.1, 0.15) is 5.82 Å². The highest BCUT2D eigenvalue weighted by atomic mass is 19.1. The molecular formula is C17H13FN2O. The van der Waals surface area contributed by atoms with Gasteiger partial charge in [-0.05, 0) is 46.8 Å². The molecule has 3 nitrogen and oxygen atoms in total. The normalized spacial score (nSPS) is 10.7. The Morgan fingerprint density at radius 2 is 2.00 bits per heavy atom. The molecule has 0 aliphatic rings. The second-order valence-electron chi connectivity index (χ2n) is 4.91. The van der Waals surface area contributed by atoms with Crippen LogP contribution in [0.5, 0.6) is 0 Å². The van der Waals surface area contributed by atoms with Gasteiger partial charge in [-0.2, -0.15) is 5.26 Å². The average Bonchev–Trinajstić information content (AvgIpc) is 2.90. The van der Waals surface area contributed by atoms with E-state index in [9.17, 15) is 9.50 Å². The van der Waals surface area contributed by atoms with Crippen LogP contribution in [0.4, 0.5) is 4.39 Å². The van der Waals surface area contributed by atoms with Crippen LogP contribution in [0, 0.1) is 17.1 Å². The van der Waals surface area contributed by atoms with E-state index in [1.165, 1.54) is 18.2 Å². The number of hydrogen-bond donors (Lipinski definition) is 1. The maximum absolute atomic E-state index is 13.4. The molecule has 0 aliphatic carbocycles. The third-order valence-corrected chi connectivity index (χ3v) is 3.55. The lowest BCUT2D eigenvalue weighted by atomic mass is 10.1. The molecule has 0 saturated heterocycles. The number of aromatic nitrogens is 1. The largest absolute Gasteiger partial charge is 0.392 e. The summed E-state index contributed by atoms with van der Waals surface area (Å²) in [4.78, 5) is 0. The lowest BCUT2D eigenvalue weighted by molar-refractivity contribution is 0.282. The molecular weight excluding hydrogens is 267 g/mol. The topological polar surface area (TPSA) is 49.0 Å². The molecule has 2 aromatic carbocycles. The first kappa shape index (κ1) is 13.3. The van der Waals surface area contributed by atoms with Crippen molar-refractivity contribution in [2.75, 3.05) is 0 Å². The molecule has 104 valence electrons. The molecule has 0 radical (unpaired) electrons. The zero-order chi connectivity index (χ0) is 14.8. The van der Waals surface area contributed by atoms with Crippen LogP contribution in [0.15, 0.2) is 48.7 Å². The van der Waals surface area contributed by atoms with Crippen LogP contribution in [0.2, 0.25) is 0 Å². The molecule has 0 bridgehead atoms. The Balaban J connectivity index is 2.06. The highest BCUT2D eigenvalue weighted by Crippen LogP contribution is 2.20. The van der Waals surface area contributed by atoms with Crippen LogP contribution in [0.1, 0.15) is 16.7 Å². The molecule has 0 fully saturated rings. The van der Waals surface area contributed by atoms with Gasteiger partial charge in [0.25, 0.3) is 0 Å². The van der Waals surface area contributed by atoms with Gasteiger partial charge in [0.05, 0.1) is 18.2 Å². The van der Waals surface area contributed by atoms with Crippen LogP contribution in [-0.2, 0) is 13.2 Å². The average molecular weight is 280 g/mol. The van der Waals surface area contributed by atoms with Crippen molar-refractivity contribution in [3.63, 3.8) is 0 Å². The van der Waals surface area contributed by atoms with E-state index < -0.39 is 0 Å². The van der Waals surface area contributed by atoms with Gasteiger partial charge >= 0.3 is 0 Å². The number of fused-ring (bicyclic) bond motifs is 1. The zero-order valence-corrected chi connectivity index (χ0v) is 11.3. The van der Waals surface area contributed by atoms with E-state index in [2.05, 4.69) is 6.07 Å². The van der Waals surface area contributed by atoms with Gasteiger partial charge in [0.15, 0.2) is 0 Å². The first-order chi connectivity index (χ1) is 10.2. The van der Waals surface area contributed by atoms with Gasteiger partial charge in [0.2, 0.25) is 0 Å². The number of aliphatic hydroxyl groups excluding tert-OH is 1. The summed E-state index contributed by atoms with van der Waals surface area (Å²) in [5, 5.41) is 19.4. The number of nitriles is 1. The summed E-state index contributed by atoms with van der Waals surface area (Å²) in [5.74, 6) is -0.350. The second kappa shape index (κ2) is 5.39. The highest BCUT2D eigenvalue weighted by Gasteiger charge is 2.07. The molecule has 0 atom stereocenters. The fourth-order valence-electron chi connectivity index (χ4n) is 2.45. The number of aliphatic hydroxyl groups is 1. The van der Waals surface area contributed by atoms with E-state index >= 15 is 0 Å². The summed E-state index contributed by atoms with van der Waals surface area (Å²) in [6.07, 6.45) is 1.90. The Morgan fingerprint density at radius 3 is 2.76 bits per heavy atom. The maximum atomic E-state index is 13.4. The minimum absolute atomic E-state index is 0.0233. The summed E-state index contributed by atoms with van der Waals surface area (Å²) >= 11 is 0. The number of halogens is 1. The first-order valence-corrected chi connectivity index (χ1v) is 6.58. The van der Waals surface area contributed by atoms with E-state index in [1.54, 1.807) is 0 Å². The summed E-state index contributed by atoms with van der Waals surface area (Å²) in [6.45, 7) is 0.392. The summed E-state index contributed by atoms with van der Waals surface area (Å²) < 4.78 is 15.3. The van der Waals surface area contributed by atoms with Gasteiger partial charge in [-0.1, -0.05) is 12.1 Å². The lowest BCUT2D eigenvalue weighted by Gasteiger charge is -2.08. The van der Waals surface area contributed by atoms with Gasteiger partial charge < -0.3 is 9.67 Å². The summed E-state index contributed by atoms with van der Waals surface area (Å²) in [6, 6.07) is 13.9. The van der Waals surface area contributed by atoms with Crippen molar-refractivity contribution < 1.29 is 9.50 Å². The van der Waals surface area contributed by atoms with Crippen molar-refractivity contribution in [3.8, 4) is 6.07 Å². The van der Waals surface area contributed by atoms with Crippen molar-refractivity contribution in [1.82, 2.24) is 4.57 Å². The molecule has 3 aromatic rings. The fourth-order valence-corrected chi connectivity index (χ4v) is 2.45. The number of hydrogen-bond acceptors (Lipinski definition) is 2. The van der Waals surface area contributed by atoms with Crippen molar-refractivity contribution in [2.45, 2.75) is 13.2 Å². The molecule has 1 N–H and O–H groups in total. The smallest absolute Gasteiger partial charge is 0.123 e. The molecule has 1 heterocycles. The molecule has 0 saturated carbocycles. The summed E-state index contributed by atoms with van der Waals surface area (Å²) in [7, 11) is 0. The molecule has 0 aliphatic heterocycles. The molecule has 0 spiro atoms. The number of rotatable bonds is 3. The predicted molar refractivity (Wildman–Crippen MR) is 78.1 cm³/mol. The SMILES string of the molecule is N#Cc1ccc(F)cc1Cn1ccc2ccc(CO)cc21. The van der Waals surface area contributed by atoms with Crippen LogP contribution in [0.25, 0.3) is 10.9 Å². The molecule has 3 rings (SSSR count). The molecule has 0 unspecified atom stereocenters. The van der Waals surface area contributed by atoms with Gasteiger partial charge in [-0.15, -0.1) is 0 Å². The third kappa shape index (κ3) is 2.51. The maximum Gasteiger partial charge on any atom is 0.123 e. The molecule has 21 heavy (non-hydrogen) atoms. The molecule has 4 heteroatoms. The van der Waals surface area contributed by atoms with E-state index in [4.69, 9.17) is 5.26 Å². The molecule has 0 amide bonds. The van der Waals surface area contributed by atoms with Crippen molar-refractivity contribution in [3.05, 3.63) is 71.2 Å². The Bertz CT molecular complexity index is 846. The van der Waals surface area contributed by atoms with Crippen molar-refractivity contribution in [1.29, 1.82) is 5.26 Å². The van der Waals surface area contributed by atoms with E-state index in [0.717, 1.165) is 16.5 Å². The van der Waals surface area contributed by atoms with E-state index in [-0.39, 0.29) is 12.4 Å². The summed E-state index contributed by atoms with van der Waals surface area (Å²) in [5.41, 5.74) is 2.89. The Kier molecular flexibility index (Phi) is 3.43. The Hall–Kier alpha value is -2.64. The minimum atomic E-state index is -0.350. The van der Waals surface area contributed by atoms with Crippen LogP contribution in [-0.4, -0.2) is 9.67 Å². The molecule has 1 aromatic heterocycles. The number of nitrogens with zero attached hydrogens (tertiary/aromatic N) is 2. The quantitative estimate of drug-likeness (QED) is 0.801. The third-order valence-electron chi connectivity index (χ3n) is 3.55. The van der Waals surface area contributed by atoms with Gasteiger partial charge in [0, 0.05) is 18.3 Å². The van der Waals surface area contributed by atoms with Gasteiger partial charge in [-0.3, -0.25) is 0 Å². The Labute approximate surface area is 121 Å². The number of benzene rings is 2. The first-order valence-electron chi connectivity index (χ1n) is 6.58. The monoisotopic (exact) mass is 280 g/mol. The van der Waals surface area contributed by atoms with Crippen molar-refractivity contribution in [2.24, 2.45) is 0 Å². The zero-order valence-electron chi connectivity index (χ0n) is 11.3. The van der Waals surface area contributed by atoms with E-state index in [0.29, 0.717) is 17.7 Å². The second-order valence-corrected chi connectivity index (χ2v) is 4.91. The van der Waals surface area contributed by atoms with Gasteiger partial charge in [-0.25, -0.2) is 4.39 Å². The van der Waals surface area contributed by atoms with Crippen LogP contribution in [0.3, 0.4) is 0 Å². The van der Waals surface area contributed by atoms with Crippen LogP contribution >= 0.6 is 0 Å². The Morgan fingerprint density at radius 1 is 1.14 bits per heavy atom. The highest BCUT2D eigenvalue weighted by molar-refractivity contribution is 5.81.